The number of sulfonamides is 1. The van der Waals surface area contributed by atoms with Gasteiger partial charge in [0.25, 0.3) is 0 Å². The molecule has 6 heteroatoms. The van der Waals surface area contributed by atoms with E-state index in [0.717, 1.165) is 6.42 Å². The van der Waals surface area contributed by atoms with Gasteiger partial charge in [0.05, 0.1) is 4.90 Å². The molecule has 2 atom stereocenters. The Morgan fingerprint density at radius 2 is 1.84 bits per heavy atom. The number of piperidine rings is 1. The highest BCUT2D eigenvalue weighted by molar-refractivity contribution is 9.10. The zero-order valence-electron chi connectivity index (χ0n) is 10.9. The van der Waals surface area contributed by atoms with Crippen molar-refractivity contribution in [2.24, 2.45) is 11.8 Å². The first kappa shape index (κ1) is 14.9. The SMILES string of the molecule is CC1CC(C)CN(S(=O)(=O)c2ccc(F)cc2Br)C1. The van der Waals surface area contributed by atoms with Crippen LogP contribution in [0.25, 0.3) is 0 Å². The van der Waals surface area contributed by atoms with Crippen molar-refractivity contribution in [1.29, 1.82) is 0 Å². The summed E-state index contributed by atoms with van der Waals surface area (Å²) in [6.07, 6.45) is 1.04. The molecule has 0 aromatic heterocycles. The Kier molecular flexibility index (Phi) is 4.32. The van der Waals surface area contributed by atoms with E-state index in [1.54, 1.807) is 0 Å². The summed E-state index contributed by atoms with van der Waals surface area (Å²) >= 11 is 3.13. The van der Waals surface area contributed by atoms with E-state index >= 15 is 0 Å². The molecule has 2 unspecified atom stereocenters. The summed E-state index contributed by atoms with van der Waals surface area (Å²) in [5.74, 6) is 0.238. The van der Waals surface area contributed by atoms with Crippen LogP contribution in [0.4, 0.5) is 4.39 Å². The van der Waals surface area contributed by atoms with E-state index in [-0.39, 0.29) is 9.37 Å². The van der Waals surface area contributed by atoms with Gasteiger partial charge in [-0.2, -0.15) is 4.31 Å². The number of hydrogen-bond acceptors (Lipinski definition) is 2. The van der Waals surface area contributed by atoms with Crippen LogP contribution in [-0.4, -0.2) is 25.8 Å². The van der Waals surface area contributed by atoms with Gasteiger partial charge in [-0.1, -0.05) is 13.8 Å². The van der Waals surface area contributed by atoms with Gasteiger partial charge in [0.1, 0.15) is 5.82 Å². The van der Waals surface area contributed by atoms with E-state index in [9.17, 15) is 12.8 Å². The van der Waals surface area contributed by atoms with E-state index in [1.807, 2.05) is 0 Å². The summed E-state index contributed by atoms with van der Waals surface area (Å²) in [4.78, 5) is 0.134. The second kappa shape index (κ2) is 5.50. The topological polar surface area (TPSA) is 37.4 Å². The normalized spacial score (nSPS) is 25.5. The fourth-order valence-electron chi connectivity index (χ4n) is 2.63. The molecule has 0 spiro atoms. The zero-order chi connectivity index (χ0) is 14.2. The van der Waals surface area contributed by atoms with Crippen molar-refractivity contribution in [3.05, 3.63) is 28.5 Å². The maximum Gasteiger partial charge on any atom is 0.244 e. The van der Waals surface area contributed by atoms with Gasteiger partial charge in [-0.3, -0.25) is 0 Å². The predicted molar refractivity (Wildman–Crippen MR) is 75.8 cm³/mol. The van der Waals surface area contributed by atoms with E-state index < -0.39 is 15.8 Å². The number of hydrogen-bond donors (Lipinski definition) is 0. The van der Waals surface area contributed by atoms with Crippen LogP contribution >= 0.6 is 15.9 Å². The molecule has 1 fully saturated rings. The Labute approximate surface area is 122 Å². The Morgan fingerprint density at radius 1 is 1.26 bits per heavy atom. The minimum atomic E-state index is -3.56. The zero-order valence-corrected chi connectivity index (χ0v) is 13.3. The first-order valence-corrected chi connectivity index (χ1v) is 8.49. The molecule has 0 N–H and O–H groups in total. The fraction of sp³-hybridized carbons (Fsp3) is 0.538. The van der Waals surface area contributed by atoms with Gasteiger partial charge >= 0.3 is 0 Å². The van der Waals surface area contributed by atoms with Gasteiger partial charge in [0, 0.05) is 17.6 Å². The van der Waals surface area contributed by atoms with Crippen molar-refractivity contribution in [2.75, 3.05) is 13.1 Å². The average molecular weight is 350 g/mol. The Hall–Kier alpha value is -0.460. The molecule has 1 aromatic rings. The molecule has 0 bridgehead atoms. The molecule has 1 aromatic carbocycles. The van der Waals surface area contributed by atoms with Crippen molar-refractivity contribution in [3.8, 4) is 0 Å². The third-order valence-electron chi connectivity index (χ3n) is 3.35. The van der Waals surface area contributed by atoms with Crippen LogP contribution in [0.5, 0.6) is 0 Å². The van der Waals surface area contributed by atoms with Crippen molar-refractivity contribution >= 4 is 26.0 Å². The van der Waals surface area contributed by atoms with Gasteiger partial charge < -0.3 is 0 Å². The van der Waals surface area contributed by atoms with Crippen molar-refractivity contribution in [3.63, 3.8) is 0 Å². The lowest BCUT2D eigenvalue weighted by Crippen LogP contribution is -2.42. The third-order valence-corrected chi connectivity index (χ3v) is 6.16. The first-order valence-electron chi connectivity index (χ1n) is 6.26. The highest BCUT2D eigenvalue weighted by Crippen LogP contribution is 2.30. The Morgan fingerprint density at radius 3 is 2.37 bits per heavy atom. The van der Waals surface area contributed by atoms with Crippen molar-refractivity contribution in [1.82, 2.24) is 4.31 Å². The molecule has 1 aliphatic rings. The predicted octanol–water partition coefficient (Wildman–Crippen LogP) is 3.25. The molecular weight excluding hydrogens is 333 g/mol. The fourth-order valence-corrected chi connectivity index (χ4v) is 5.32. The van der Waals surface area contributed by atoms with Crippen LogP contribution in [-0.2, 0) is 10.0 Å². The average Bonchev–Trinajstić information content (AvgIpc) is 2.26. The summed E-state index contributed by atoms with van der Waals surface area (Å²) in [6, 6.07) is 3.68. The Balaban J connectivity index is 2.36. The number of rotatable bonds is 2. The molecule has 106 valence electrons. The van der Waals surface area contributed by atoms with E-state index in [4.69, 9.17) is 0 Å². The molecule has 1 aliphatic heterocycles. The lowest BCUT2D eigenvalue weighted by molar-refractivity contribution is 0.222. The summed E-state index contributed by atoms with van der Waals surface area (Å²) in [6.45, 7) is 5.16. The van der Waals surface area contributed by atoms with E-state index in [2.05, 4.69) is 29.8 Å². The van der Waals surface area contributed by atoms with E-state index in [1.165, 1.54) is 22.5 Å². The molecule has 2 rings (SSSR count). The van der Waals surface area contributed by atoms with Gasteiger partial charge in [-0.15, -0.1) is 0 Å². The second-order valence-electron chi connectivity index (χ2n) is 5.34. The maximum absolute atomic E-state index is 13.1. The van der Waals surface area contributed by atoms with Crippen molar-refractivity contribution in [2.45, 2.75) is 25.2 Å². The highest BCUT2D eigenvalue weighted by atomic mass is 79.9. The van der Waals surface area contributed by atoms with Gasteiger partial charge in [-0.25, -0.2) is 12.8 Å². The summed E-state index contributed by atoms with van der Waals surface area (Å²) in [5.41, 5.74) is 0. The van der Waals surface area contributed by atoms with E-state index in [0.29, 0.717) is 24.9 Å². The van der Waals surface area contributed by atoms with Crippen LogP contribution < -0.4 is 0 Å². The monoisotopic (exact) mass is 349 g/mol. The third kappa shape index (κ3) is 3.17. The summed E-state index contributed by atoms with van der Waals surface area (Å²) < 4.78 is 40.0. The summed E-state index contributed by atoms with van der Waals surface area (Å²) in [7, 11) is -3.56. The largest absolute Gasteiger partial charge is 0.244 e. The highest BCUT2D eigenvalue weighted by Gasteiger charge is 2.32. The first-order chi connectivity index (χ1) is 8.80. The number of benzene rings is 1. The van der Waals surface area contributed by atoms with Crippen LogP contribution in [0.15, 0.2) is 27.6 Å². The summed E-state index contributed by atoms with van der Waals surface area (Å²) in [5, 5.41) is 0. The molecule has 0 saturated carbocycles. The molecule has 0 radical (unpaired) electrons. The minimum Gasteiger partial charge on any atom is -0.207 e. The smallest absolute Gasteiger partial charge is 0.207 e. The van der Waals surface area contributed by atoms with Crippen LogP contribution in [0.1, 0.15) is 20.3 Å². The van der Waals surface area contributed by atoms with Crippen LogP contribution in [0, 0.1) is 17.7 Å². The molecule has 0 aliphatic carbocycles. The van der Waals surface area contributed by atoms with Gasteiger partial charge in [0.15, 0.2) is 0 Å². The van der Waals surface area contributed by atoms with Crippen LogP contribution in [0.3, 0.4) is 0 Å². The standard InChI is InChI=1S/C13H17BrFNO2S/c1-9-5-10(2)8-16(7-9)19(17,18)13-4-3-11(15)6-12(13)14/h3-4,6,9-10H,5,7-8H2,1-2H3. The lowest BCUT2D eigenvalue weighted by atomic mass is 9.94. The molecule has 0 amide bonds. The molecule has 1 heterocycles. The minimum absolute atomic E-state index is 0.134. The van der Waals surface area contributed by atoms with Gasteiger partial charge in [-0.05, 0) is 52.4 Å². The number of halogens is 2. The van der Waals surface area contributed by atoms with Gasteiger partial charge in [0.2, 0.25) is 10.0 Å². The van der Waals surface area contributed by atoms with Crippen LogP contribution in [0.2, 0.25) is 0 Å². The Bertz CT molecular complexity index is 566. The second-order valence-corrected chi connectivity index (χ2v) is 8.10. The van der Waals surface area contributed by atoms with Crippen molar-refractivity contribution < 1.29 is 12.8 Å². The molecular formula is C13H17BrFNO2S. The number of nitrogens with zero attached hydrogens (tertiary/aromatic N) is 1. The molecule has 19 heavy (non-hydrogen) atoms. The molecule has 1 saturated heterocycles. The maximum atomic E-state index is 13.1. The lowest BCUT2D eigenvalue weighted by Gasteiger charge is -2.34. The quantitative estimate of drug-likeness (QED) is 0.821. The molecule has 3 nitrogen and oxygen atoms in total.